The summed E-state index contributed by atoms with van der Waals surface area (Å²) in [6, 6.07) is 7.11. The number of H-pyrrole nitrogens is 1. The Morgan fingerprint density at radius 3 is 2.87 bits per heavy atom. The number of anilines is 2. The summed E-state index contributed by atoms with van der Waals surface area (Å²) in [6.07, 6.45) is 0. The fourth-order valence-electron chi connectivity index (χ4n) is 2.25. The second kappa shape index (κ2) is 6.11. The van der Waals surface area contributed by atoms with Crippen LogP contribution in [-0.4, -0.2) is 28.5 Å². The molecule has 8 heteroatoms. The Labute approximate surface area is 144 Å². The van der Waals surface area contributed by atoms with E-state index in [9.17, 15) is 9.18 Å². The number of carbonyl (C=O) groups is 1. The maximum Gasteiger partial charge on any atom is 0.340 e. The molecule has 3 rings (SSSR count). The highest BCUT2D eigenvalue weighted by molar-refractivity contribution is 14.1. The van der Waals surface area contributed by atoms with Crippen molar-refractivity contribution in [1.82, 2.24) is 15.4 Å². The molecule has 6 nitrogen and oxygen atoms in total. The zero-order valence-electron chi connectivity index (χ0n) is 12.3. The van der Waals surface area contributed by atoms with Gasteiger partial charge in [0.15, 0.2) is 5.82 Å². The number of methoxy groups -OCH3 is 1. The molecule has 0 fully saturated rings. The number of rotatable bonds is 3. The molecule has 2 aromatic carbocycles. The summed E-state index contributed by atoms with van der Waals surface area (Å²) in [5, 5.41) is 12.8. The predicted molar refractivity (Wildman–Crippen MR) is 92.4 cm³/mol. The van der Waals surface area contributed by atoms with E-state index in [1.54, 1.807) is 0 Å². The van der Waals surface area contributed by atoms with Crippen LogP contribution in [0.4, 0.5) is 15.8 Å². The second-order valence-corrected chi connectivity index (χ2v) is 6.14. The highest BCUT2D eigenvalue weighted by atomic mass is 127. The van der Waals surface area contributed by atoms with Crippen molar-refractivity contribution in [3.05, 3.63) is 44.8 Å². The lowest BCUT2D eigenvalue weighted by Crippen LogP contribution is -2.08. The molecule has 0 aliphatic heterocycles. The van der Waals surface area contributed by atoms with Gasteiger partial charge in [0.1, 0.15) is 11.0 Å². The van der Waals surface area contributed by atoms with Crippen LogP contribution in [0.1, 0.15) is 15.9 Å². The molecular formula is C15H12FIN4O2. The number of aromatic nitrogens is 3. The molecule has 0 bridgehead atoms. The first-order chi connectivity index (χ1) is 11.0. The van der Waals surface area contributed by atoms with Crippen molar-refractivity contribution >= 4 is 51.0 Å². The summed E-state index contributed by atoms with van der Waals surface area (Å²) in [4.78, 5) is 12.0. The highest BCUT2D eigenvalue weighted by Gasteiger charge is 2.21. The van der Waals surface area contributed by atoms with Crippen molar-refractivity contribution in [3.63, 3.8) is 0 Å². The second-order valence-electron chi connectivity index (χ2n) is 4.89. The van der Waals surface area contributed by atoms with Crippen molar-refractivity contribution in [1.29, 1.82) is 0 Å². The molecule has 2 N–H and O–H groups in total. The summed E-state index contributed by atoms with van der Waals surface area (Å²) >= 11 is 2.20. The van der Waals surface area contributed by atoms with Gasteiger partial charge in [-0.15, -0.1) is 5.10 Å². The van der Waals surface area contributed by atoms with Crippen molar-refractivity contribution in [2.24, 2.45) is 0 Å². The number of benzene rings is 2. The SMILES string of the molecule is COC(=O)c1cc2nn[nH]c2c(F)c1Nc1ccc(I)cc1C. The fourth-order valence-corrected chi connectivity index (χ4v) is 2.89. The largest absolute Gasteiger partial charge is 0.465 e. The predicted octanol–water partition coefficient (Wildman–Crippen LogP) is 3.54. The molecular weight excluding hydrogens is 414 g/mol. The Hall–Kier alpha value is -2.23. The van der Waals surface area contributed by atoms with E-state index in [2.05, 4.69) is 43.3 Å². The van der Waals surface area contributed by atoms with E-state index in [0.717, 1.165) is 9.13 Å². The van der Waals surface area contributed by atoms with E-state index >= 15 is 0 Å². The zero-order valence-corrected chi connectivity index (χ0v) is 14.4. The Morgan fingerprint density at radius 2 is 2.17 bits per heavy atom. The van der Waals surface area contributed by atoms with Crippen LogP contribution in [0.2, 0.25) is 0 Å². The van der Waals surface area contributed by atoms with Crippen molar-refractivity contribution in [2.45, 2.75) is 6.92 Å². The average Bonchev–Trinajstić information content (AvgIpc) is 3.00. The fraction of sp³-hybridized carbons (Fsp3) is 0.133. The molecule has 0 atom stereocenters. The van der Waals surface area contributed by atoms with E-state index in [1.165, 1.54) is 13.2 Å². The molecule has 0 unspecified atom stereocenters. The van der Waals surface area contributed by atoms with E-state index < -0.39 is 11.8 Å². The normalized spacial score (nSPS) is 10.8. The number of nitrogens with one attached hydrogen (secondary N) is 2. The number of hydrogen-bond acceptors (Lipinski definition) is 5. The molecule has 0 amide bonds. The van der Waals surface area contributed by atoms with Gasteiger partial charge in [0.05, 0.1) is 18.4 Å². The van der Waals surface area contributed by atoms with Crippen LogP contribution >= 0.6 is 22.6 Å². The number of fused-ring (bicyclic) bond motifs is 1. The van der Waals surface area contributed by atoms with Crippen molar-refractivity contribution < 1.29 is 13.9 Å². The van der Waals surface area contributed by atoms with Crippen LogP contribution in [0.5, 0.6) is 0 Å². The van der Waals surface area contributed by atoms with Gasteiger partial charge in [-0.2, -0.15) is 0 Å². The Bertz CT molecular complexity index is 910. The van der Waals surface area contributed by atoms with Crippen LogP contribution in [0, 0.1) is 16.3 Å². The molecule has 0 spiro atoms. The molecule has 118 valence electrons. The molecule has 0 saturated carbocycles. The number of aromatic amines is 1. The number of esters is 1. The van der Waals surface area contributed by atoms with E-state index in [0.29, 0.717) is 5.69 Å². The van der Waals surface area contributed by atoms with Gasteiger partial charge in [-0.1, -0.05) is 5.21 Å². The number of carbonyl (C=O) groups excluding carboxylic acids is 1. The summed E-state index contributed by atoms with van der Waals surface area (Å²) in [6.45, 7) is 1.90. The number of hydrogen-bond donors (Lipinski definition) is 2. The maximum absolute atomic E-state index is 14.8. The van der Waals surface area contributed by atoms with Gasteiger partial charge in [-0.05, 0) is 59.3 Å². The smallest absolute Gasteiger partial charge is 0.340 e. The minimum atomic E-state index is -0.653. The lowest BCUT2D eigenvalue weighted by molar-refractivity contribution is 0.0601. The van der Waals surface area contributed by atoms with Crippen molar-refractivity contribution in [2.75, 3.05) is 12.4 Å². The molecule has 0 radical (unpaired) electrons. The molecule has 0 aliphatic carbocycles. The lowest BCUT2D eigenvalue weighted by Gasteiger charge is -2.14. The minimum Gasteiger partial charge on any atom is -0.465 e. The third kappa shape index (κ3) is 2.85. The summed E-state index contributed by atoms with van der Waals surface area (Å²) in [5.41, 5.74) is 2.09. The van der Waals surface area contributed by atoms with Gasteiger partial charge in [-0.25, -0.2) is 9.18 Å². The first-order valence-electron chi connectivity index (χ1n) is 6.66. The third-order valence-corrected chi connectivity index (χ3v) is 4.09. The third-order valence-electron chi connectivity index (χ3n) is 3.42. The van der Waals surface area contributed by atoms with Gasteiger partial charge >= 0.3 is 5.97 Å². The Kier molecular flexibility index (Phi) is 4.16. The molecule has 1 heterocycles. The molecule has 0 saturated heterocycles. The molecule has 3 aromatic rings. The van der Waals surface area contributed by atoms with E-state index in [4.69, 9.17) is 4.74 Å². The van der Waals surface area contributed by atoms with Gasteiger partial charge in [-0.3, -0.25) is 5.10 Å². The summed E-state index contributed by atoms with van der Waals surface area (Å²) < 4.78 is 20.6. The van der Waals surface area contributed by atoms with Gasteiger partial charge in [0, 0.05) is 9.26 Å². The van der Waals surface area contributed by atoms with Crippen LogP contribution in [-0.2, 0) is 4.74 Å². The van der Waals surface area contributed by atoms with Crippen LogP contribution in [0.15, 0.2) is 24.3 Å². The Balaban J connectivity index is 2.17. The monoisotopic (exact) mass is 426 g/mol. The van der Waals surface area contributed by atoms with E-state index in [1.807, 2.05) is 25.1 Å². The van der Waals surface area contributed by atoms with Gasteiger partial charge in [0.25, 0.3) is 0 Å². The number of ether oxygens (including phenoxy) is 1. The first kappa shape index (κ1) is 15.7. The van der Waals surface area contributed by atoms with Crippen LogP contribution in [0.3, 0.4) is 0 Å². The van der Waals surface area contributed by atoms with E-state index in [-0.39, 0.29) is 22.3 Å². The highest BCUT2D eigenvalue weighted by Crippen LogP contribution is 2.31. The molecule has 23 heavy (non-hydrogen) atoms. The molecule has 1 aromatic heterocycles. The quantitative estimate of drug-likeness (QED) is 0.495. The lowest BCUT2D eigenvalue weighted by atomic mass is 10.1. The number of aryl methyl sites for hydroxylation is 1. The van der Waals surface area contributed by atoms with Gasteiger partial charge < -0.3 is 10.1 Å². The van der Waals surface area contributed by atoms with Gasteiger partial charge in [0.2, 0.25) is 0 Å². The average molecular weight is 426 g/mol. The minimum absolute atomic E-state index is 0.0275. The zero-order chi connectivity index (χ0) is 16.6. The van der Waals surface area contributed by atoms with Crippen LogP contribution < -0.4 is 5.32 Å². The Morgan fingerprint density at radius 1 is 1.39 bits per heavy atom. The first-order valence-corrected chi connectivity index (χ1v) is 7.74. The summed E-state index contributed by atoms with van der Waals surface area (Å²) in [5.74, 6) is -1.29. The summed E-state index contributed by atoms with van der Waals surface area (Å²) in [7, 11) is 1.24. The number of halogens is 2. The standard InChI is InChI=1S/C15H12FIN4O2/c1-7-5-8(17)3-4-10(7)18-13-9(15(22)23-2)6-11-14(12(13)16)20-21-19-11/h3-6,18H,1-2H3,(H,19,20,21). The van der Waals surface area contributed by atoms with Crippen molar-refractivity contribution in [3.8, 4) is 0 Å². The number of nitrogens with zero attached hydrogens (tertiary/aromatic N) is 2. The van der Waals surface area contributed by atoms with Crippen LogP contribution in [0.25, 0.3) is 11.0 Å². The molecule has 0 aliphatic rings. The topological polar surface area (TPSA) is 79.9 Å². The maximum atomic E-state index is 14.8.